The molecule has 230 valence electrons. The number of nitrogens with one attached hydrogen (secondary N) is 1. The van der Waals surface area contributed by atoms with Crippen LogP contribution in [0.3, 0.4) is 0 Å². The lowest BCUT2D eigenvalue weighted by Gasteiger charge is -2.23. The lowest BCUT2D eigenvalue weighted by Crippen LogP contribution is -2.37. The molecule has 0 spiro atoms. The van der Waals surface area contributed by atoms with E-state index in [2.05, 4.69) is 17.2 Å². The molecule has 40 heavy (non-hydrogen) atoms. The van der Waals surface area contributed by atoms with E-state index in [1.807, 2.05) is 0 Å². The van der Waals surface area contributed by atoms with Gasteiger partial charge in [-0.1, -0.05) is 11.8 Å². The molecule has 0 saturated carbocycles. The zero-order chi connectivity index (χ0) is 29.7. The maximum absolute atomic E-state index is 12.8. The second-order valence-electron chi connectivity index (χ2n) is 9.13. The highest BCUT2D eigenvalue weighted by Gasteiger charge is 2.16. The Hall–Kier alpha value is -2.42. The van der Waals surface area contributed by atoms with Gasteiger partial charge in [-0.2, -0.15) is 0 Å². The fraction of sp³-hybridized carbons (Fsp3) is 0.786. The van der Waals surface area contributed by atoms with Crippen molar-refractivity contribution in [2.24, 2.45) is 0 Å². The molecule has 0 aromatic rings. The summed E-state index contributed by atoms with van der Waals surface area (Å²) in [5.41, 5.74) is -0.567. The van der Waals surface area contributed by atoms with E-state index in [4.69, 9.17) is 50.7 Å². The van der Waals surface area contributed by atoms with E-state index in [1.165, 1.54) is 0 Å². The van der Waals surface area contributed by atoms with Crippen LogP contribution < -0.4 is 5.32 Å². The first-order chi connectivity index (χ1) is 19.3. The van der Waals surface area contributed by atoms with E-state index in [-0.39, 0.29) is 45.3 Å². The number of carbonyl (C=O) groups excluding carboxylic acids is 2. The van der Waals surface area contributed by atoms with Crippen molar-refractivity contribution in [3.8, 4) is 24.7 Å². The normalized spacial score (nSPS) is 11.0. The van der Waals surface area contributed by atoms with Gasteiger partial charge in [-0.25, -0.2) is 4.79 Å². The molecule has 0 aliphatic rings. The second kappa shape index (κ2) is 26.8. The molecular weight excluding hydrogens is 524 g/mol. The van der Waals surface area contributed by atoms with Crippen molar-refractivity contribution in [2.45, 2.75) is 32.8 Å². The second-order valence-corrected chi connectivity index (χ2v) is 9.13. The summed E-state index contributed by atoms with van der Waals surface area (Å²) in [5, 5.41) is 2.61. The fourth-order valence-electron chi connectivity index (χ4n) is 2.81. The van der Waals surface area contributed by atoms with Crippen molar-refractivity contribution < 1.29 is 47.5 Å². The third kappa shape index (κ3) is 27.2. The molecule has 0 fully saturated rings. The van der Waals surface area contributed by atoms with Gasteiger partial charge in [0.1, 0.15) is 18.8 Å². The quantitative estimate of drug-likeness (QED) is 0.119. The fourth-order valence-corrected chi connectivity index (χ4v) is 2.81. The molecule has 1 N–H and O–H groups in total. The van der Waals surface area contributed by atoms with E-state index in [9.17, 15) is 9.59 Å². The Morgan fingerprint density at radius 3 is 1.52 bits per heavy atom. The van der Waals surface area contributed by atoms with Crippen molar-refractivity contribution in [1.82, 2.24) is 10.2 Å². The van der Waals surface area contributed by atoms with E-state index in [0.717, 1.165) is 0 Å². The largest absolute Gasteiger partial charge is 0.444 e. The molecule has 0 aromatic heterocycles. The Morgan fingerprint density at radius 2 is 1.07 bits per heavy atom. The molecule has 12 heteroatoms. The van der Waals surface area contributed by atoms with E-state index >= 15 is 0 Å². The Bertz CT molecular complexity index is 681. The van der Waals surface area contributed by atoms with Crippen molar-refractivity contribution in [3.05, 3.63) is 0 Å². The molecule has 0 atom stereocenters. The number of rotatable bonds is 26. The van der Waals surface area contributed by atoms with Gasteiger partial charge in [-0.15, -0.1) is 12.8 Å². The Morgan fingerprint density at radius 1 is 0.650 bits per heavy atom. The molecule has 0 radical (unpaired) electrons. The van der Waals surface area contributed by atoms with Gasteiger partial charge in [0.15, 0.2) is 0 Å². The molecule has 0 heterocycles. The predicted octanol–water partition coefficient (Wildman–Crippen LogP) is 1.11. The van der Waals surface area contributed by atoms with E-state index in [1.54, 1.807) is 25.7 Å². The number of nitrogens with zero attached hydrogens (tertiary/aromatic N) is 1. The minimum atomic E-state index is -0.567. The van der Waals surface area contributed by atoms with Gasteiger partial charge >= 0.3 is 6.09 Å². The molecule has 2 amide bonds. The highest BCUT2D eigenvalue weighted by Crippen LogP contribution is 2.06. The zero-order valence-corrected chi connectivity index (χ0v) is 24.4. The molecule has 12 nitrogen and oxygen atoms in total. The first-order valence-electron chi connectivity index (χ1n) is 13.5. The highest BCUT2D eigenvalue weighted by molar-refractivity contribution is 5.76. The van der Waals surface area contributed by atoms with Crippen LogP contribution in [0, 0.1) is 24.7 Å². The predicted molar refractivity (Wildman–Crippen MR) is 149 cm³/mol. The van der Waals surface area contributed by atoms with Crippen molar-refractivity contribution >= 4 is 12.0 Å². The summed E-state index contributed by atoms with van der Waals surface area (Å²) in [7, 11) is 0. The van der Waals surface area contributed by atoms with E-state index < -0.39 is 11.7 Å². The lowest BCUT2D eigenvalue weighted by atomic mass is 10.2. The average molecular weight is 573 g/mol. The molecule has 0 aliphatic heterocycles. The van der Waals surface area contributed by atoms with Crippen molar-refractivity contribution in [2.75, 3.05) is 112 Å². The number of terminal acetylenes is 2. The van der Waals surface area contributed by atoms with Gasteiger partial charge in [-0.05, 0) is 20.8 Å². The molecule has 0 aliphatic carbocycles. The Labute approximate surface area is 239 Å². The highest BCUT2D eigenvalue weighted by atomic mass is 16.6. The van der Waals surface area contributed by atoms with Crippen LogP contribution in [0.25, 0.3) is 0 Å². The van der Waals surface area contributed by atoms with E-state index in [0.29, 0.717) is 79.2 Å². The molecule has 0 saturated heterocycles. The Kier molecular flexibility index (Phi) is 25.2. The summed E-state index contributed by atoms with van der Waals surface area (Å²) >= 11 is 0. The molecule has 0 rings (SSSR count). The smallest absolute Gasteiger partial charge is 0.407 e. The molecular formula is C28H48N2O10. The number of hydrogen-bond donors (Lipinski definition) is 1. The first-order valence-corrected chi connectivity index (χ1v) is 13.5. The van der Waals surface area contributed by atoms with Crippen LogP contribution in [0.15, 0.2) is 0 Å². The molecule has 0 aromatic carbocycles. The summed E-state index contributed by atoms with van der Waals surface area (Å²) in [6.07, 6.45) is 9.89. The van der Waals surface area contributed by atoms with Crippen molar-refractivity contribution in [3.63, 3.8) is 0 Å². The van der Waals surface area contributed by atoms with Gasteiger partial charge in [-0.3, -0.25) is 4.79 Å². The topological polar surface area (TPSA) is 123 Å². The van der Waals surface area contributed by atoms with Gasteiger partial charge < -0.3 is 48.1 Å². The molecule has 0 bridgehead atoms. The Balaban J connectivity index is 4.21. The van der Waals surface area contributed by atoms with Crippen LogP contribution in [0.4, 0.5) is 4.79 Å². The maximum Gasteiger partial charge on any atom is 0.407 e. The number of amides is 2. The summed E-state index contributed by atoms with van der Waals surface area (Å²) in [6, 6.07) is 0. The first kappa shape index (κ1) is 37.6. The third-order valence-electron chi connectivity index (χ3n) is 4.60. The standard InChI is InChI=1S/C28H48N2O10/c1-6-12-33-18-22-38-24-20-36-16-10-30(11-17-37-21-25-39-23-19-34-13-7-2)26(31)8-14-35-15-9-29-27(32)40-28(3,4)5/h1-2H,8-25H2,3-5H3,(H,29,32). The maximum atomic E-state index is 12.8. The van der Waals surface area contributed by atoms with Crippen LogP contribution in [-0.2, 0) is 42.7 Å². The van der Waals surface area contributed by atoms with Gasteiger partial charge in [0.2, 0.25) is 5.91 Å². The number of alkyl carbamates (subject to hydrolysis) is 1. The van der Waals surface area contributed by atoms with Gasteiger partial charge in [0, 0.05) is 19.6 Å². The number of ether oxygens (including phenoxy) is 8. The number of carbonyl (C=O) groups is 2. The van der Waals surface area contributed by atoms with Gasteiger partial charge in [0.25, 0.3) is 0 Å². The van der Waals surface area contributed by atoms with Crippen molar-refractivity contribution in [1.29, 1.82) is 0 Å². The molecule has 0 unspecified atom stereocenters. The minimum Gasteiger partial charge on any atom is -0.444 e. The summed E-state index contributed by atoms with van der Waals surface area (Å²) in [6.45, 7) is 11.5. The monoisotopic (exact) mass is 572 g/mol. The van der Waals surface area contributed by atoms with Crippen LogP contribution >= 0.6 is 0 Å². The summed E-state index contributed by atoms with van der Waals surface area (Å²) < 4.78 is 42.9. The summed E-state index contributed by atoms with van der Waals surface area (Å²) in [4.78, 5) is 26.1. The van der Waals surface area contributed by atoms with Crippen LogP contribution in [0.1, 0.15) is 27.2 Å². The minimum absolute atomic E-state index is 0.0869. The zero-order valence-electron chi connectivity index (χ0n) is 24.4. The van der Waals surface area contributed by atoms with Crippen LogP contribution in [0.5, 0.6) is 0 Å². The SMILES string of the molecule is C#CCOCCOCCOCCN(CCOCCOCCOCC#C)C(=O)CCOCCNC(=O)OC(C)(C)C. The van der Waals surface area contributed by atoms with Crippen LogP contribution in [-0.4, -0.2) is 135 Å². The third-order valence-corrected chi connectivity index (χ3v) is 4.60. The number of hydrogen-bond acceptors (Lipinski definition) is 10. The summed E-state index contributed by atoms with van der Waals surface area (Å²) in [5.74, 6) is 4.69. The van der Waals surface area contributed by atoms with Crippen LogP contribution in [0.2, 0.25) is 0 Å². The average Bonchev–Trinajstić information content (AvgIpc) is 2.90. The lowest BCUT2D eigenvalue weighted by molar-refractivity contribution is -0.134. The van der Waals surface area contributed by atoms with Gasteiger partial charge in [0.05, 0.1) is 85.7 Å².